The Morgan fingerprint density at radius 3 is 2.06 bits per heavy atom. The molecule has 0 saturated heterocycles. The van der Waals surface area contributed by atoms with Gasteiger partial charge < -0.3 is 0 Å². The van der Waals surface area contributed by atoms with E-state index in [1.54, 1.807) is 12.1 Å². The van der Waals surface area contributed by atoms with Crippen molar-refractivity contribution in [2.24, 2.45) is 4.99 Å². The van der Waals surface area contributed by atoms with Crippen molar-refractivity contribution in [3.63, 3.8) is 0 Å². The van der Waals surface area contributed by atoms with Gasteiger partial charge in [-0.05, 0) is 56.5 Å². The van der Waals surface area contributed by atoms with Crippen LogP contribution in [0.5, 0.6) is 0 Å². The van der Waals surface area contributed by atoms with Crippen molar-refractivity contribution in [2.75, 3.05) is 0 Å². The summed E-state index contributed by atoms with van der Waals surface area (Å²) in [5.74, 6) is 0. The molecular formula is C9H5Br2ClF3N. The van der Waals surface area contributed by atoms with Gasteiger partial charge in [0, 0.05) is 8.95 Å². The Balaban J connectivity index is 3.26. The second kappa shape index (κ2) is 5.06. The highest BCUT2D eigenvalue weighted by Gasteiger charge is 2.34. The maximum atomic E-state index is 12.2. The first-order valence-corrected chi connectivity index (χ1v) is 5.95. The van der Waals surface area contributed by atoms with Crippen LogP contribution in [-0.2, 0) is 0 Å². The largest absolute Gasteiger partial charge is 0.444 e. The van der Waals surface area contributed by atoms with Gasteiger partial charge in [-0.3, -0.25) is 0 Å². The van der Waals surface area contributed by atoms with Crippen LogP contribution in [0.1, 0.15) is 5.56 Å². The third-order valence-corrected chi connectivity index (χ3v) is 3.11. The molecule has 16 heavy (non-hydrogen) atoms. The normalized spacial score (nSPS) is 13.1. The number of hydrogen-bond donors (Lipinski definition) is 0. The van der Waals surface area contributed by atoms with Crippen LogP contribution >= 0.6 is 43.5 Å². The number of hydrogen-bond acceptors (Lipinski definition) is 1. The Morgan fingerprint density at radius 2 is 1.69 bits per heavy atom. The summed E-state index contributed by atoms with van der Waals surface area (Å²) in [5.41, 5.74) is 1.01. The van der Waals surface area contributed by atoms with Gasteiger partial charge in [-0.15, -0.1) is 0 Å². The fourth-order valence-electron chi connectivity index (χ4n) is 0.961. The van der Waals surface area contributed by atoms with Gasteiger partial charge in [0.2, 0.25) is 5.17 Å². The van der Waals surface area contributed by atoms with Gasteiger partial charge in [0.25, 0.3) is 0 Å². The molecule has 1 aromatic carbocycles. The lowest BCUT2D eigenvalue weighted by Gasteiger charge is -2.07. The molecule has 1 aromatic rings. The third kappa shape index (κ3) is 3.46. The van der Waals surface area contributed by atoms with Crippen LogP contribution in [0.25, 0.3) is 0 Å². The Hall–Kier alpha value is -0.0700. The fraction of sp³-hybridized carbons (Fsp3) is 0.222. The van der Waals surface area contributed by atoms with Crippen molar-refractivity contribution in [1.29, 1.82) is 0 Å². The van der Waals surface area contributed by atoms with Gasteiger partial charge in [-0.2, -0.15) is 13.2 Å². The number of nitrogens with zero attached hydrogens (tertiary/aromatic N) is 1. The number of alkyl halides is 3. The van der Waals surface area contributed by atoms with Crippen LogP contribution in [0.15, 0.2) is 26.1 Å². The highest BCUT2D eigenvalue weighted by molar-refractivity contribution is 9.11. The lowest BCUT2D eigenvalue weighted by Crippen LogP contribution is -2.16. The number of aliphatic imine (C=N–C) groups is 1. The predicted octanol–water partition coefficient (Wildman–Crippen LogP) is 5.35. The molecule has 0 bridgehead atoms. The number of rotatable bonds is 1. The summed E-state index contributed by atoms with van der Waals surface area (Å²) in [6.07, 6.45) is -4.63. The van der Waals surface area contributed by atoms with Crippen LogP contribution in [0.4, 0.5) is 18.9 Å². The molecule has 0 aliphatic heterocycles. The van der Waals surface area contributed by atoms with Crippen LogP contribution < -0.4 is 0 Å². The zero-order valence-corrected chi connectivity index (χ0v) is 11.8. The molecule has 0 amide bonds. The number of benzene rings is 1. The van der Waals surface area contributed by atoms with Gasteiger partial charge in [-0.25, -0.2) is 4.99 Å². The molecule has 1 nitrogen and oxygen atoms in total. The first-order valence-electron chi connectivity index (χ1n) is 3.99. The lowest BCUT2D eigenvalue weighted by molar-refractivity contribution is -0.0558. The van der Waals surface area contributed by atoms with E-state index in [1.807, 2.05) is 6.92 Å². The van der Waals surface area contributed by atoms with Crippen LogP contribution in [0, 0.1) is 6.92 Å². The van der Waals surface area contributed by atoms with Crippen molar-refractivity contribution < 1.29 is 13.2 Å². The van der Waals surface area contributed by atoms with Gasteiger partial charge >= 0.3 is 6.18 Å². The summed E-state index contributed by atoms with van der Waals surface area (Å²) in [4.78, 5) is 3.33. The fourth-order valence-corrected chi connectivity index (χ4v) is 2.64. The van der Waals surface area contributed by atoms with Crippen molar-refractivity contribution in [3.8, 4) is 0 Å². The summed E-state index contributed by atoms with van der Waals surface area (Å²) < 4.78 is 37.4. The summed E-state index contributed by atoms with van der Waals surface area (Å²) >= 11 is 11.3. The minimum Gasteiger partial charge on any atom is -0.230 e. The van der Waals surface area contributed by atoms with Crippen LogP contribution in [0.3, 0.4) is 0 Å². The summed E-state index contributed by atoms with van der Waals surface area (Å²) in [5, 5.41) is -1.40. The van der Waals surface area contributed by atoms with E-state index in [0.717, 1.165) is 5.56 Å². The Morgan fingerprint density at radius 1 is 1.25 bits per heavy atom. The molecule has 0 aliphatic rings. The quantitative estimate of drug-likeness (QED) is 0.583. The average Bonchev–Trinajstić information content (AvgIpc) is 2.08. The third-order valence-electron chi connectivity index (χ3n) is 1.61. The number of halogens is 6. The average molecular weight is 379 g/mol. The summed E-state index contributed by atoms with van der Waals surface area (Å²) in [6, 6.07) is 3.31. The molecule has 0 unspecified atom stereocenters. The Kier molecular flexibility index (Phi) is 4.42. The molecule has 0 heterocycles. The lowest BCUT2D eigenvalue weighted by atomic mass is 10.2. The zero-order chi connectivity index (χ0) is 12.5. The summed E-state index contributed by atoms with van der Waals surface area (Å²) in [6.45, 7) is 1.81. The second-order valence-electron chi connectivity index (χ2n) is 2.98. The van der Waals surface area contributed by atoms with Crippen LogP contribution in [-0.4, -0.2) is 11.3 Å². The van der Waals surface area contributed by atoms with E-state index in [0.29, 0.717) is 8.95 Å². The molecule has 0 radical (unpaired) electrons. The van der Waals surface area contributed by atoms with E-state index < -0.39 is 11.3 Å². The Bertz CT molecular complexity index is 420. The highest BCUT2D eigenvalue weighted by atomic mass is 79.9. The molecule has 1 rings (SSSR count). The van der Waals surface area contributed by atoms with Gasteiger partial charge in [-0.1, -0.05) is 11.6 Å². The van der Waals surface area contributed by atoms with Gasteiger partial charge in [0.05, 0.1) is 5.69 Å². The molecule has 0 spiro atoms. The minimum absolute atomic E-state index is 0.118. The monoisotopic (exact) mass is 377 g/mol. The molecule has 0 atom stereocenters. The van der Waals surface area contributed by atoms with Crippen molar-refractivity contribution in [3.05, 3.63) is 26.6 Å². The van der Waals surface area contributed by atoms with E-state index >= 15 is 0 Å². The maximum absolute atomic E-state index is 12.2. The second-order valence-corrected chi connectivity index (χ2v) is 5.04. The topological polar surface area (TPSA) is 12.4 Å². The molecule has 0 fully saturated rings. The van der Waals surface area contributed by atoms with E-state index in [1.165, 1.54) is 0 Å². The van der Waals surface area contributed by atoms with E-state index in [4.69, 9.17) is 11.6 Å². The van der Waals surface area contributed by atoms with Crippen molar-refractivity contribution in [2.45, 2.75) is 13.1 Å². The first kappa shape index (κ1) is 14.0. The zero-order valence-electron chi connectivity index (χ0n) is 7.87. The first-order chi connectivity index (χ1) is 7.21. The number of aryl methyl sites for hydroxylation is 1. The molecule has 0 aromatic heterocycles. The highest BCUT2D eigenvalue weighted by Crippen LogP contribution is 2.36. The van der Waals surface area contributed by atoms with E-state index in [2.05, 4.69) is 36.9 Å². The SMILES string of the molecule is Cc1cc(Br)c(N=C(Cl)C(F)(F)F)c(Br)c1. The molecule has 0 N–H and O–H groups in total. The van der Waals surface area contributed by atoms with Gasteiger partial charge in [0.15, 0.2) is 0 Å². The smallest absolute Gasteiger partial charge is 0.230 e. The maximum Gasteiger partial charge on any atom is 0.444 e. The van der Waals surface area contributed by atoms with Crippen molar-refractivity contribution in [1.82, 2.24) is 0 Å². The standard InChI is InChI=1S/C9H5Br2ClF3N/c1-4-2-5(10)7(6(11)3-4)16-8(12)9(13,14)15/h2-3H,1H3. The predicted molar refractivity (Wildman–Crippen MR) is 65.6 cm³/mol. The molecular weight excluding hydrogens is 374 g/mol. The molecule has 7 heteroatoms. The van der Waals surface area contributed by atoms with Crippen molar-refractivity contribution >= 4 is 54.3 Å². The van der Waals surface area contributed by atoms with E-state index in [9.17, 15) is 13.2 Å². The van der Waals surface area contributed by atoms with E-state index in [-0.39, 0.29) is 5.69 Å². The Labute approximate surface area is 112 Å². The molecule has 88 valence electrons. The minimum atomic E-state index is -4.63. The molecule has 0 aliphatic carbocycles. The van der Waals surface area contributed by atoms with Crippen LogP contribution in [0.2, 0.25) is 0 Å². The van der Waals surface area contributed by atoms with Gasteiger partial charge in [0.1, 0.15) is 0 Å². The molecule has 0 saturated carbocycles. The summed E-state index contributed by atoms with van der Waals surface area (Å²) in [7, 11) is 0.